The van der Waals surface area contributed by atoms with Crippen molar-refractivity contribution in [2.75, 3.05) is 0 Å². The van der Waals surface area contributed by atoms with Crippen molar-refractivity contribution in [2.24, 2.45) is 10.3 Å². The van der Waals surface area contributed by atoms with Crippen LogP contribution in [0.5, 0.6) is 0 Å². The van der Waals surface area contributed by atoms with E-state index in [2.05, 4.69) is 10.3 Å². The Balaban J connectivity index is 3.19. The predicted octanol–water partition coefficient (Wildman–Crippen LogP) is 3.42. The highest BCUT2D eigenvalue weighted by molar-refractivity contribution is 5.81. The van der Waals surface area contributed by atoms with E-state index in [1.165, 1.54) is 19.3 Å². The monoisotopic (exact) mass is 214 g/mol. The Morgan fingerprint density at radius 2 is 1.07 bits per heavy atom. The van der Waals surface area contributed by atoms with Gasteiger partial charge in [-0.05, 0) is 39.5 Å². The fraction of sp³-hybridized carbons (Fsp3) is 0.818. The van der Waals surface area contributed by atoms with Crippen LogP contribution in [-0.2, 0) is 0 Å². The quantitative estimate of drug-likeness (QED) is 0.281. The standard InChI is InChI=1S/C11H22N2O2/c1-10(12-14)8-6-4-3-5-7-9-11(2)13-15/h14-15H,3-9H2,1-2H3. The highest BCUT2D eigenvalue weighted by atomic mass is 16.4. The summed E-state index contributed by atoms with van der Waals surface area (Å²) >= 11 is 0. The van der Waals surface area contributed by atoms with Crippen LogP contribution in [0.15, 0.2) is 10.3 Å². The molecule has 0 fully saturated rings. The largest absolute Gasteiger partial charge is 0.411 e. The van der Waals surface area contributed by atoms with E-state index >= 15 is 0 Å². The van der Waals surface area contributed by atoms with Gasteiger partial charge in [0.15, 0.2) is 0 Å². The Kier molecular flexibility index (Phi) is 8.82. The van der Waals surface area contributed by atoms with E-state index in [0.717, 1.165) is 37.1 Å². The van der Waals surface area contributed by atoms with Gasteiger partial charge in [0, 0.05) is 0 Å². The Morgan fingerprint density at radius 1 is 0.733 bits per heavy atom. The lowest BCUT2D eigenvalue weighted by atomic mass is 10.1. The van der Waals surface area contributed by atoms with Gasteiger partial charge in [-0.2, -0.15) is 0 Å². The average Bonchev–Trinajstić information content (AvgIpc) is 2.26. The smallest absolute Gasteiger partial charge is 0.0540 e. The Hall–Kier alpha value is -1.06. The fourth-order valence-electron chi connectivity index (χ4n) is 1.39. The van der Waals surface area contributed by atoms with Crippen LogP contribution in [-0.4, -0.2) is 21.8 Å². The maximum Gasteiger partial charge on any atom is 0.0540 e. The molecule has 0 aliphatic carbocycles. The van der Waals surface area contributed by atoms with Crippen LogP contribution in [0.2, 0.25) is 0 Å². The lowest BCUT2D eigenvalue weighted by molar-refractivity contribution is 0.317. The molecule has 4 heteroatoms. The summed E-state index contributed by atoms with van der Waals surface area (Å²) in [7, 11) is 0. The molecule has 0 aromatic carbocycles. The summed E-state index contributed by atoms with van der Waals surface area (Å²) in [5.41, 5.74) is 1.61. The third-order valence-electron chi connectivity index (χ3n) is 2.42. The normalized spacial score (nSPS) is 13.2. The molecular weight excluding hydrogens is 192 g/mol. The number of hydrogen-bond acceptors (Lipinski definition) is 4. The molecule has 15 heavy (non-hydrogen) atoms. The van der Waals surface area contributed by atoms with Crippen molar-refractivity contribution in [2.45, 2.75) is 58.8 Å². The topological polar surface area (TPSA) is 65.2 Å². The Bertz CT molecular complexity index is 191. The number of hydrogen-bond donors (Lipinski definition) is 2. The van der Waals surface area contributed by atoms with Crippen molar-refractivity contribution < 1.29 is 10.4 Å². The van der Waals surface area contributed by atoms with Gasteiger partial charge in [-0.15, -0.1) is 0 Å². The highest BCUT2D eigenvalue weighted by Crippen LogP contribution is 2.08. The molecule has 0 aromatic heterocycles. The summed E-state index contributed by atoms with van der Waals surface area (Å²) in [4.78, 5) is 0. The van der Waals surface area contributed by atoms with Gasteiger partial charge in [-0.3, -0.25) is 0 Å². The molecule has 0 saturated carbocycles. The Morgan fingerprint density at radius 3 is 1.40 bits per heavy atom. The van der Waals surface area contributed by atoms with E-state index in [4.69, 9.17) is 10.4 Å². The molecule has 0 heterocycles. The van der Waals surface area contributed by atoms with Crippen molar-refractivity contribution in [1.82, 2.24) is 0 Å². The molecule has 0 aliphatic rings. The molecule has 0 spiro atoms. The van der Waals surface area contributed by atoms with Gasteiger partial charge in [-0.25, -0.2) is 0 Å². The minimum absolute atomic E-state index is 0.804. The van der Waals surface area contributed by atoms with E-state index in [9.17, 15) is 0 Å². The van der Waals surface area contributed by atoms with Gasteiger partial charge >= 0.3 is 0 Å². The first-order valence-corrected chi connectivity index (χ1v) is 5.55. The van der Waals surface area contributed by atoms with Gasteiger partial charge in [0.2, 0.25) is 0 Å². The summed E-state index contributed by atoms with van der Waals surface area (Å²) in [5.74, 6) is 0. The molecule has 0 radical (unpaired) electrons. The van der Waals surface area contributed by atoms with Crippen LogP contribution in [0.3, 0.4) is 0 Å². The maximum absolute atomic E-state index is 8.41. The third kappa shape index (κ3) is 9.25. The van der Waals surface area contributed by atoms with Crippen LogP contribution in [0.25, 0.3) is 0 Å². The SMILES string of the molecule is CC(CCCCCCCC(C)=NO)=NO. The molecule has 0 saturated heterocycles. The molecule has 2 N–H and O–H groups in total. The van der Waals surface area contributed by atoms with Crippen LogP contribution in [0.1, 0.15) is 58.8 Å². The zero-order valence-electron chi connectivity index (χ0n) is 9.74. The van der Waals surface area contributed by atoms with Gasteiger partial charge in [0.1, 0.15) is 0 Å². The van der Waals surface area contributed by atoms with Crippen LogP contribution in [0.4, 0.5) is 0 Å². The van der Waals surface area contributed by atoms with E-state index in [1.807, 2.05) is 13.8 Å². The predicted molar refractivity (Wildman–Crippen MR) is 62.1 cm³/mol. The van der Waals surface area contributed by atoms with Crippen molar-refractivity contribution >= 4 is 11.4 Å². The molecule has 0 aliphatic heterocycles. The highest BCUT2D eigenvalue weighted by Gasteiger charge is 1.95. The number of oxime groups is 2. The molecule has 4 nitrogen and oxygen atoms in total. The van der Waals surface area contributed by atoms with Gasteiger partial charge in [-0.1, -0.05) is 29.6 Å². The minimum atomic E-state index is 0.804. The van der Waals surface area contributed by atoms with Crippen LogP contribution >= 0.6 is 0 Å². The summed E-state index contributed by atoms with van der Waals surface area (Å²) in [6.07, 6.45) is 7.47. The summed E-state index contributed by atoms with van der Waals surface area (Å²) < 4.78 is 0. The van der Waals surface area contributed by atoms with Gasteiger partial charge < -0.3 is 10.4 Å². The lowest BCUT2D eigenvalue weighted by Crippen LogP contribution is -1.92. The first-order chi connectivity index (χ1) is 7.20. The van der Waals surface area contributed by atoms with Crippen LogP contribution < -0.4 is 0 Å². The average molecular weight is 214 g/mol. The van der Waals surface area contributed by atoms with E-state index in [0.29, 0.717) is 0 Å². The first-order valence-electron chi connectivity index (χ1n) is 5.55. The Labute approximate surface area is 91.7 Å². The maximum atomic E-state index is 8.41. The van der Waals surface area contributed by atoms with E-state index < -0.39 is 0 Å². The van der Waals surface area contributed by atoms with Crippen molar-refractivity contribution in [3.63, 3.8) is 0 Å². The zero-order chi connectivity index (χ0) is 11.5. The van der Waals surface area contributed by atoms with Crippen LogP contribution in [0, 0.1) is 0 Å². The second kappa shape index (κ2) is 9.49. The fourth-order valence-corrected chi connectivity index (χ4v) is 1.39. The molecular formula is C11H22N2O2. The van der Waals surface area contributed by atoms with E-state index in [-0.39, 0.29) is 0 Å². The van der Waals surface area contributed by atoms with Gasteiger partial charge in [0.25, 0.3) is 0 Å². The van der Waals surface area contributed by atoms with Gasteiger partial charge in [0.05, 0.1) is 11.4 Å². The number of nitrogens with zero attached hydrogens (tertiary/aromatic N) is 2. The molecule has 0 atom stereocenters. The molecule has 0 bridgehead atoms. The second-order valence-electron chi connectivity index (χ2n) is 3.94. The zero-order valence-corrected chi connectivity index (χ0v) is 9.74. The third-order valence-corrected chi connectivity index (χ3v) is 2.42. The number of unbranched alkanes of at least 4 members (excludes halogenated alkanes) is 4. The molecule has 0 rings (SSSR count). The molecule has 88 valence electrons. The lowest BCUT2D eigenvalue weighted by Gasteiger charge is -2.00. The second-order valence-corrected chi connectivity index (χ2v) is 3.94. The molecule has 0 amide bonds. The first kappa shape index (κ1) is 13.9. The minimum Gasteiger partial charge on any atom is -0.411 e. The summed E-state index contributed by atoms with van der Waals surface area (Å²) in [5, 5.41) is 23.1. The van der Waals surface area contributed by atoms with Crippen molar-refractivity contribution in [1.29, 1.82) is 0 Å². The van der Waals surface area contributed by atoms with Crippen molar-refractivity contribution in [3.8, 4) is 0 Å². The van der Waals surface area contributed by atoms with Crippen molar-refractivity contribution in [3.05, 3.63) is 0 Å². The summed E-state index contributed by atoms with van der Waals surface area (Å²) in [6, 6.07) is 0. The molecule has 0 unspecified atom stereocenters. The summed E-state index contributed by atoms with van der Waals surface area (Å²) in [6.45, 7) is 3.67. The van der Waals surface area contributed by atoms with E-state index in [1.54, 1.807) is 0 Å². The number of rotatable bonds is 8. The molecule has 0 aromatic rings.